The van der Waals surface area contributed by atoms with Crippen LogP contribution in [-0.2, 0) is 18.3 Å². The van der Waals surface area contributed by atoms with Crippen molar-refractivity contribution in [1.29, 1.82) is 0 Å². The smallest absolute Gasteiger partial charge is 0.356 e. The van der Waals surface area contributed by atoms with Crippen molar-refractivity contribution in [3.8, 4) is 11.3 Å². The summed E-state index contributed by atoms with van der Waals surface area (Å²) in [7, 11) is 1.68. The Morgan fingerprint density at radius 1 is 1.47 bits per heavy atom. The number of nitrogens with zero attached hydrogens (tertiary/aromatic N) is 2. The normalized spacial score (nSPS) is 13.2. The van der Waals surface area contributed by atoms with E-state index in [0.29, 0.717) is 12.1 Å². The van der Waals surface area contributed by atoms with E-state index in [1.165, 1.54) is 10.7 Å². The average Bonchev–Trinajstić information content (AvgIpc) is 2.90. The van der Waals surface area contributed by atoms with Crippen LogP contribution in [0.4, 0.5) is 5.69 Å². The topological polar surface area (TPSA) is 84.2 Å². The summed E-state index contributed by atoms with van der Waals surface area (Å²) in [4.78, 5) is 22.4. The van der Waals surface area contributed by atoms with Crippen LogP contribution in [-0.4, -0.2) is 26.8 Å². The third-order valence-electron chi connectivity index (χ3n) is 3.14. The molecule has 2 heterocycles. The fourth-order valence-corrected chi connectivity index (χ4v) is 2.29. The number of aromatic carboxylic acids is 1. The van der Waals surface area contributed by atoms with Crippen molar-refractivity contribution in [2.75, 3.05) is 5.32 Å². The van der Waals surface area contributed by atoms with Gasteiger partial charge in [0.05, 0.1) is 17.8 Å². The molecule has 0 spiro atoms. The number of aromatic nitrogens is 2. The maximum absolute atomic E-state index is 11.5. The van der Waals surface area contributed by atoms with Gasteiger partial charge in [0, 0.05) is 12.6 Å². The predicted octanol–water partition coefficient (Wildman–Crippen LogP) is 1.28. The lowest BCUT2D eigenvalue weighted by Crippen LogP contribution is -2.05. The Morgan fingerprint density at radius 2 is 2.26 bits per heavy atom. The van der Waals surface area contributed by atoms with Crippen molar-refractivity contribution < 1.29 is 14.7 Å². The number of fused-ring (bicyclic) bond motifs is 1. The molecule has 0 bridgehead atoms. The molecule has 0 unspecified atom stereocenters. The zero-order valence-corrected chi connectivity index (χ0v) is 10.2. The molecule has 3 rings (SSSR count). The molecule has 19 heavy (non-hydrogen) atoms. The maximum Gasteiger partial charge on any atom is 0.356 e. The summed E-state index contributed by atoms with van der Waals surface area (Å²) < 4.78 is 1.50. The number of anilines is 1. The molecule has 2 N–H and O–H groups in total. The van der Waals surface area contributed by atoms with E-state index in [1.54, 1.807) is 7.05 Å². The minimum atomic E-state index is -1.07. The highest BCUT2D eigenvalue weighted by atomic mass is 16.4. The van der Waals surface area contributed by atoms with Crippen molar-refractivity contribution in [3.05, 3.63) is 35.5 Å². The number of aryl methyl sites for hydroxylation is 1. The number of benzene rings is 1. The van der Waals surface area contributed by atoms with Gasteiger partial charge in [0.1, 0.15) is 0 Å². The Kier molecular flexibility index (Phi) is 2.38. The van der Waals surface area contributed by atoms with Crippen LogP contribution in [0.2, 0.25) is 0 Å². The number of rotatable bonds is 2. The first kappa shape index (κ1) is 11.5. The Labute approximate surface area is 108 Å². The van der Waals surface area contributed by atoms with Gasteiger partial charge in [-0.05, 0) is 11.6 Å². The third kappa shape index (κ3) is 1.77. The number of hydrogen-bond donors (Lipinski definition) is 2. The second kappa shape index (κ2) is 3.94. The van der Waals surface area contributed by atoms with Crippen LogP contribution < -0.4 is 5.32 Å². The van der Waals surface area contributed by atoms with Crippen molar-refractivity contribution in [2.45, 2.75) is 6.42 Å². The Bertz CT molecular complexity index is 703. The quantitative estimate of drug-likeness (QED) is 0.848. The van der Waals surface area contributed by atoms with E-state index in [1.807, 2.05) is 18.2 Å². The van der Waals surface area contributed by atoms with Gasteiger partial charge in [-0.15, -0.1) is 0 Å². The molecule has 0 aliphatic carbocycles. The SMILES string of the molecule is Cn1nc(C(=O)O)cc1-c1cccc2c1NC(=O)C2. The molecule has 6 nitrogen and oxygen atoms in total. The van der Waals surface area contributed by atoms with Gasteiger partial charge < -0.3 is 10.4 Å². The monoisotopic (exact) mass is 257 g/mol. The molecule has 0 saturated heterocycles. The highest BCUT2D eigenvalue weighted by Gasteiger charge is 2.23. The van der Waals surface area contributed by atoms with Gasteiger partial charge in [0.15, 0.2) is 5.69 Å². The van der Waals surface area contributed by atoms with E-state index in [4.69, 9.17) is 5.11 Å². The number of carboxylic acids is 1. The van der Waals surface area contributed by atoms with E-state index in [-0.39, 0.29) is 11.6 Å². The van der Waals surface area contributed by atoms with Crippen molar-refractivity contribution in [3.63, 3.8) is 0 Å². The summed E-state index contributed by atoms with van der Waals surface area (Å²) in [6.07, 6.45) is 0.354. The lowest BCUT2D eigenvalue weighted by molar-refractivity contribution is -0.115. The van der Waals surface area contributed by atoms with Crippen molar-refractivity contribution in [2.24, 2.45) is 7.05 Å². The number of carbonyl (C=O) groups is 2. The predicted molar refractivity (Wildman–Crippen MR) is 67.9 cm³/mol. The molecule has 0 fully saturated rings. The largest absolute Gasteiger partial charge is 0.476 e. The number of amides is 1. The maximum atomic E-state index is 11.5. The molecule has 1 aromatic heterocycles. The molecular formula is C13H11N3O3. The van der Waals surface area contributed by atoms with Crippen LogP contribution in [0.15, 0.2) is 24.3 Å². The standard InChI is InChI=1S/C13H11N3O3/c1-16-10(6-9(15-16)13(18)19)8-4-2-3-7-5-11(17)14-12(7)8/h2-4,6H,5H2,1H3,(H,14,17)(H,18,19). The molecule has 0 atom stereocenters. The molecule has 1 aromatic carbocycles. The van der Waals surface area contributed by atoms with Gasteiger partial charge in [-0.1, -0.05) is 18.2 Å². The first-order valence-electron chi connectivity index (χ1n) is 5.75. The van der Waals surface area contributed by atoms with Crippen molar-refractivity contribution >= 4 is 17.6 Å². The fraction of sp³-hybridized carbons (Fsp3) is 0.154. The van der Waals surface area contributed by atoms with E-state index < -0.39 is 5.97 Å². The fourth-order valence-electron chi connectivity index (χ4n) is 2.29. The van der Waals surface area contributed by atoms with E-state index >= 15 is 0 Å². The van der Waals surface area contributed by atoms with Gasteiger partial charge in [-0.2, -0.15) is 5.10 Å². The van der Waals surface area contributed by atoms with Gasteiger partial charge >= 0.3 is 5.97 Å². The molecular weight excluding hydrogens is 246 g/mol. The van der Waals surface area contributed by atoms with Gasteiger partial charge in [0.2, 0.25) is 5.91 Å². The van der Waals surface area contributed by atoms with E-state index in [2.05, 4.69) is 10.4 Å². The number of carbonyl (C=O) groups excluding carboxylic acids is 1. The van der Waals surface area contributed by atoms with Crippen LogP contribution in [0.25, 0.3) is 11.3 Å². The van der Waals surface area contributed by atoms with Gasteiger partial charge in [-0.25, -0.2) is 4.79 Å². The van der Waals surface area contributed by atoms with Gasteiger partial charge in [0.25, 0.3) is 0 Å². The van der Waals surface area contributed by atoms with Crippen LogP contribution in [0.1, 0.15) is 16.1 Å². The molecule has 0 saturated carbocycles. The van der Waals surface area contributed by atoms with Gasteiger partial charge in [-0.3, -0.25) is 9.48 Å². The second-order valence-electron chi connectivity index (χ2n) is 4.41. The Balaban J connectivity index is 2.16. The summed E-state index contributed by atoms with van der Waals surface area (Å²) in [6.45, 7) is 0. The number of nitrogens with one attached hydrogen (secondary N) is 1. The molecule has 96 valence electrons. The molecule has 0 radical (unpaired) electrons. The highest BCUT2D eigenvalue weighted by Crippen LogP contribution is 2.34. The molecule has 1 aliphatic heterocycles. The second-order valence-corrected chi connectivity index (χ2v) is 4.41. The first-order valence-corrected chi connectivity index (χ1v) is 5.75. The van der Waals surface area contributed by atoms with E-state index in [9.17, 15) is 9.59 Å². The number of carboxylic acid groups (broad SMARTS) is 1. The van der Waals surface area contributed by atoms with Crippen LogP contribution in [0, 0.1) is 0 Å². The molecule has 2 aromatic rings. The van der Waals surface area contributed by atoms with E-state index in [0.717, 1.165) is 16.8 Å². The average molecular weight is 257 g/mol. The van der Waals surface area contributed by atoms with Crippen LogP contribution in [0.3, 0.4) is 0 Å². The zero-order chi connectivity index (χ0) is 13.6. The zero-order valence-electron chi connectivity index (χ0n) is 10.2. The lowest BCUT2D eigenvalue weighted by atomic mass is 10.0. The minimum Gasteiger partial charge on any atom is -0.476 e. The lowest BCUT2D eigenvalue weighted by Gasteiger charge is -2.07. The highest BCUT2D eigenvalue weighted by molar-refractivity contribution is 6.03. The first-order chi connectivity index (χ1) is 9.06. The summed E-state index contributed by atoms with van der Waals surface area (Å²) in [6, 6.07) is 7.07. The minimum absolute atomic E-state index is 0.0144. The summed E-state index contributed by atoms with van der Waals surface area (Å²) in [5, 5.41) is 15.7. The summed E-state index contributed by atoms with van der Waals surface area (Å²) in [5.41, 5.74) is 3.09. The van der Waals surface area contributed by atoms with Crippen LogP contribution >= 0.6 is 0 Å². The molecule has 6 heteroatoms. The number of hydrogen-bond acceptors (Lipinski definition) is 3. The molecule has 1 amide bonds. The van der Waals surface area contributed by atoms with Crippen molar-refractivity contribution in [1.82, 2.24) is 9.78 Å². The van der Waals surface area contributed by atoms with Crippen LogP contribution in [0.5, 0.6) is 0 Å². The summed E-state index contributed by atoms with van der Waals surface area (Å²) in [5.74, 6) is -1.12. The Hall–Kier alpha value is -2.63. The third-order valence-corrected chi connectivity index (χ3v) is 3.14. The number of para-hydroxylation sites is 1. The summed E-state index contributed by atoms with van der Waals surface area (Å²) >= 11 is 0. The Morgan fingerprint density at radius 3 is 2.95 bits per heavy atom. The molecule has 1 aliphatic rings.